The number of piperidine rings is 1. The number of hydrogen-bond donors (Lipinski definition) is 1. The maximum absolute atomic E-state index is 13.8. The molecular weight excluding hydrogens is 285 g/mol. The Hall–Kier alpha value is -0.610. The molecule has 1 unspecified atom stereocenters. The maximum atomic E-state index is 13.8. The van der Waals surface area contributed by atoms with Crippen molar-refractivity contribution in [1.29, 1.82) is 0 Å². The summed E-state index contributed by atoms with van der Waals surface area (Å²) in [6.45, 7) is 1.05. The summed E-state index contributed by atoms with van der Waals surface area (Å²) in [4.78, 5) is 0. The molecule has 2 nitrogen and oxygen atoms in total. The zero-order valence-corrected chi connectivity index (χ0v) is 11.5. The normalized spacial score (nSPS) is 20.3. The Morgan fingerprint density at radius 1 is 1.47 bits per heavy atom. The van der Waals surface area contributed by atoms with Gasteiger partial charge in [-0.2, -0.15) is 0 Å². The van der Waals surface area contributed by atoms with Crippen LogP contribution in [0.25, 0.3) is 0 Å². The first kappa shape index (κ1) is 12.8. The topological polar surface area (TPSA) is 21.3 Å². The van der Waals surface area contributed by atoms with Gasteiger partial charge >= 0.3 is 0 Å². The van der Waals surface area contributed by atoms with Crippen molar-refractivity contribution in [2.24, 2.45) is 0 Å². The Kier molecular flexibility index (Phi) is 4.40. The predicted octanol–water partition coefficient (Wildman–Crippen LogP) is 3.28. The Labute approximate surface area is 110 Å². The lowest BCUT2D eigenvalue weighted by molar-refractivity contribution is 0.391. The van der Waals surface area contributed by atoms with E-state index in [0.717, 1.165) is 29.4 Å². The molecule has 1 heterocycles. The van der Waals surface area contributed by atoms with E-state index in [1.165, 1.54) is 18.9 Å². The lowest BCUT2D eigenvalue weighted by atomic mass is 9.97. The number of rotatable bonds is 3. The molecule has 1 aliphatic rings. The molecule has 4 heteroatoms. The fourth-order valence-corrected chi connectivity index (χ4v) is 2.80. The van der Waals surface area contributed by atoms with Gasteiger partial charge in [0.05, 0.1) is 11.6 Å². The Bertz CT molecular complexity index is 391. The molecule has 0 bridgehead atoms. The molecule has 1 aromatic rings. The molecule has 1 aliphatic heterocycles. The van der Waals surface area contributed by atoms with Crippen LogP contribution in [0.15, 0.2) is 16.6 Å². The number of ether oxygens (including phenoxy) is 1. The number of benzene rings is 1. The fourth-order valence-electron chi connectivity index (χ4n) is 2.25. The van der Waals surface area contributed by atoms with Gasteiger partial charge in [0.2, 0.25) is 0 Å². The van der Waals surface area contributed by atoms with E-state index in [0.29, 0.717) is 11.8 Å². The second-order valence-corrected chi connectivity index (χ2v) is 5.28. The van der Waals surface area contributed by atoms with Crippen LogP contribution in [0.2, 0.25) is 0 Å². The minimum Gasteiger partial charge on any atom is -0.495 e. The number of methoxy groups -OCH3 is 1. The smallest absolute Gasteiger partial charge is 0.135 e. The summed E-state index contributed by atoms with van der Waals surface area (Å²) in [6, 6.07) is 3.67. The standard InChI is InChI=1S/C13H17BrFNO/c1-17-13-8-12(15)9(7-11(13)14)6-10-4-2-3-5-16-10/h7-8,10,16H,2-6H2,1H3. The first-order chi connectivity index (χ1) is 8.20. The minimum atomic E-state index is -0.183. The van der Waals surface area contributed by atoms with Crippen LogP contribution in [-0.4, -0.2) is 19.7 Å². The number of halogens is 2. The van der Waals surface area contributed by atoms with Gasteiger partial charge in [-0.25, -0.2) is 4.39 Å². The average molecular weight is 302 g/mol. The molecule has 1 atom stereocenters. The third-order valence-corrected chi connectivity index (χ3v) is 3.82. The van der Waals surface area contributed by atoms with E-state index < -0.39 is 0 Å². The molecule has 0 radical (unpaired) electrons. The summed E-state index contributed by atoms with van der Waals surface area (Å²) in [5, 5.41) is 3.43. The van der Waals surface area contributed by atoms with Gasteiger partial charge in [-0.05, 0) is 53.4 Å². The van der Waals surface area contributed by atoms with E-state index in [1.807, 2.05) is 6.07 Å². The highest BCUT2D eigenvalue weighted by atomic mass is 79.9. The van der Waals surface area contributed by atoms with Crippen molar-refractivity contribution in [3.05, 3.63) is 28.0 Å². The van der Waals surface area contributed by atoms with E-state index in [9.17, 15) is 4.39 Å². The van der Waals surface area contributed by atoms with E-state index in [2.05, 4.69) is 21.2 Å². The zero-order chi connectivity index (χ0) is 12.3. The predicted molar refractivity (Wildman–Crippen MR) is 70.0 cm³/mol. The summed E-state index contributed by atoms with van der Waals surface area (Å²) < 4.78 is 19.7. The molecule has 0 amide bonds. The van der Waals surface area contributed by atoms with Crippen LogP contribution in [0, 0.1) is 5.82 Å². The molecule has 0 saturated carbocycles. The van der Waals surface area contributed by atoms with Crippen molar-refractivity contribution in [2.75, 3.05) is 13.7 Å². The van der Waals surface area contributed by atoms with Crippen molar-refractivity contribution >= 4 is 15.9 Å². The number of nitrogens with one attached hydrogen (secondary N) is 1. The highest BCUT2D eigenvalue weighted by Crippen LogP contribution is 2.29. The number of hydrogen-bond acceptors (Lipinski definition) is 2. The van der Waals surface area contributed by atoms with Crippen LogP contribution in [0.4, 0.5) is 4.39 Å². The lowest BCUT2D eigenvalue weighted by Crippen LogP contribution is -2.35. The van der Waals surface area contributed by atoms with Gasteiger partial charge in [-0.1, -0.05) is 6.42 Å². The fraction of sp³-hybridized carbons (Fsp3) is 0.538. The summed E-state index contributed by atoms with van der Waals surface area (Å²) >= 11 is 3.39. The highest BCUT2D eigenvalue weighted by Gasteiger charge is 2.16. The molecular formula is C13H17BrFNO. The summed E-state index contributed by atoms with van der Waals surface area (Å²) in [5.41, 5.74) is 0.747. The molecule has 2 rings (SSSR count). The molecule has 1 aromatic carbocycles. The van der Waals surface area contributed by atoms with Crippen LogP contribution in [0.3, 0.4) is 0 Å². The van der Waals surface area contributed by atoms with E-state index in [4.69, 9.17) is 4.74 Å². The van der Waals surface area contributed by atoms with Crippen molar-refractivity contribution in [3.63, 3.8) is 0 Å². The third-order valence-electron chi connectivity index (χ3n) is 3.20. The summed E-state index contributed by atoms with van der Waals surface area (Å²) in [6.07, 6.45) is 4.33. The van der Waals surface area contributed by atoms with Crippen LogP contribution in [0.5, 0.6) is 5.75 Å². The van der Waals surface area contributed by atoms with Crippen molar-refractivity contribution < 1.29 is 9.13 Å². The van der Waals surface area contributed by atoms with Gasteiger partial charge in [0.15, 0.2) is 0 Å². The van der Waals surface area contributed by atoms with Gasteiger partial charge in [0, 0.05) is 12.1 Å². The van der Waals surface area contributed by atoms with Crippen LogP contribution in [0.1, 0.15) is 24.8 Å². The monoisotopic (exact) mass is 301 g/mol. The lowest BCUT2D eigenvalue weighted by Gasteiger charge is -2.23. The van der Waals surface area contributed by atoms with E-state index in [1.54, 1.807) is 7.11 Å². The van der Waals surface area contributed by atoms with Crippen LogP contribution < -0.4 is 10.1 Å². The van der Waals surface area contributed by atoms with Gasteiger partial charge < -0.3 is 10.1 Å². The molecule has 1 fully saturated rings. The van der Waals surface area contributed by atoms with E-state index >= 15 is 0 Å². The third kappa shape index (κ3) is 3.19. The van der Waals surface area contributed by atoms with Gasteiger partial charge in [-0.3, -0.25) is 0 Å². The van der Waals surface area contributed by atoms with Gasteiger partial charge in [0.25, 0.3) is 0 Å². The summed E-state index contributed by atoms with van der Waals surface area (Å²) in [5.74, 6) is 0.361. The first-order valence-corrected chi connectivity index (χ1v) is 6.75. The highest BCUT2D eigenvalue weighted by molar-refractivity contribution is 9.10. The molecule has 0 spiro atoms. The minimum absolute atomic E-state index is 0.183. The van der Waals surface area contributed by atoms with Crippen molar-refractivity contribution in [2.45, 2.75) is 31.7 Å². The largest absolute Gasteiger partial charge is 0.495 e. The van der Waals surface area contributed by atoms with Crippen molar-refractivity contribution in [3.8, 4) is 5.75 Å². The van der Waals surface area contributed by atoms with Crippen molar-refractivity contribution in [1.82, 2.24) is 5.32 Å². The summed E-state index contributed by atoms with van der Waals surface area (Å²) in [7, 11) is 1.54. The molecule has 1 saturated heterocycles. The average Bonchev–Trinajstić information content (AvgIpc) is 2.34. The maximum Gasteiger partial charge on any atom is 0.135 e. The van der Waals surface area contributed by atoms with Crippen LogP contribution in [-0.2, 0) is 6.42 Å². The van der Waals surface area contributed by atoms with Gasteiger partial charge in [-0.15, -0.1) is 0 Å². The van der Waals surface area contributed by atoms with E-state index in [-0.39, 0.29) is 5.82 Å². The Balaban J connectivity index is 2.12. The molecule has 17 heavy (non-hydrogen) atoms. The van der Waals surface area contributed by atoms with Crippen LogP contribution >= 0.6 is 15.9 Å². The molecule has 94 valence electrons. The SMILES string of the molecule is COc1cc(F)c(CC2CCCCN2)cc1Br. The molecule has 0 aliphatic carbocycles. The zero-order valence-electron chi connectivity index (χ0n) is 9.93. The van der Waals surface area contributed by atoms with Gasteiger partial charge in [0.1, 0.15) is 11.6 Å². The quantitative estimate of drug-likeness (QED) is 0.925. The Morgan fingerprint density at radius 3 is 2.94 bits per heavy atom. The second kappa shape index (κ2) is 5.83. The molecule has 1 N–H and O–H groups in total. The second-order valence-electron chi connectivity index (χ2n) is 4.43. The first-order valence-electron chi connectivity index (χ1n) is 5.96. The molecule has 0 aromatic heterocycles. The Morgan fingerprint density at radius 2 is 2.29 bits per heavy atom.